The summed E-state index contributed by atoms with van der Waals surface area (Å²) in [6.45, 7) is 8.76. The summed E-state index contributed by atoms with van der Waals surface area (Å²) in [4.78, 5) is 8.63. The molecule has 2 heteroatoms. The first kappa shape index (κ1) is 12.7. The zero-order valence-corrected chi connectivity index (χ0v) is 11.5. The number of nitrogens with zero attached hydrogens (tertiary/aromatic N) is 2. The smallest absolute Gasteiger partial charge is 0.0429 e. The Bertz CT molecular complexity index is 498. The highest BCUT2D eigenvalue weighted by Gasteiger charge is 2.23. The van der Waals surface area contributed by atoms with Crippen LogP contribution in [0.1, 0.15) is 50.4 Å². The SMILES string of the molecule is CC(C)c1ccc(C(C)(C)c2ccncc2)cn1. The molecule has 2 aromatic heterocycles. The van der Waals surface area contributed by atoms with E-state index in [1.807, 2.05) is 18.6 Å². The molecule has 0 atom stereocenters. The van der Waals surface area contributed by atoms with Crippen LogP contribution in [-0.4, -0.2) is 9.97 Å². The van der Waals surface area contributed by atoms with E-state index >= 15 is 0 Å². The highest BCUT2D eigenvalue weighted by molar-refractivity contribution is 5.35. The minimum atomic E-state index is -0.0363. The molecule has 0 amide bonds. The minimum Gasteiger partial charge on any atom is -0.265 e. The summed E-state index contributed by atoms with van der Waals surface area (Å²) in [5.74, 6) is 0.475. The van der Waals surface area contributed by atoms with Gasteiger partial charge < -0.3 is 0 Å². The van der Waals surface area contributed by atoms with Crippen LogP contribution in [0.2, 0.25) is 0 Å². The van der Waals surface area contributed by atoms with E-state index in [9.17, 15) is 0 Å². The van der Waals surface area contributed by atoms with Gasteiger partial charge in [-0.1, -0.05) is 33.8 Å². The summed E-state index contributed by atoms with van der Waals surface area (Å²) in [6.07, 6.45) is 5.68. The van der Waals surface area contributed by atoms with E-state index in [0.29, 0.717) is 5.92 Å². The Morgan fingerprint density at radius 1 is 0.944 bits per heavy atom. The van der Waals surface area contributed by atoms with Crippen molar-refractivity contribution < 1.29 is 0 Å². The van der Waals surface area contributed by atoms with Gasteiger partial charge in [-0.05, 0) is 35.2 Å². The monoisotopic (exact) mass is 240 g/mol. The molecule has 2 rings (SSSR count). The predicted molar refractivity (Wildman–Crippen MR) is 74.7 cm³/mol. The summed E-state index contributed by atoms with van der Waals surface area (Å²) in [5.41, 5.74) is 3.60. The third-order valence-corrected chi connectivity index (χ3v) is 3.50. The molecule has 0 aromatic carbocycles. The van der Waals surface area contributed by atoms with Gasteiger partial charge in [0.2, 0.25) is 0 Å². The Morgan fingerprint density at radius 2 is 1.61 bits per heavy atom. The molecule has 0 aliphatic heterocycles. The van der Waals surface area contributed by atoms with E-state index in [4.69, 9.17) is 0 Å². The lowest BCUT2D eigenvalue weighted by molar-refractivity contribution is 0.633. The summed E-state index contributed by atoms with van der Waals surface area (Å²) < 4.78 is 0. The van der Waals surface area contributed by atoms with Crippen molar-refractivity contribution in [1.29, 1.82) is 0 Å². The molecule has 0 unspecified atom stereocenters. The van der Waals surface area contributed by atoms with Gasteiger partial charge in [0.05, 0.1) is 0 Å². The van der Waals surface area contributed by atoms with Gasteiger partial charge in [-0.25, -0.2) is 0 Å². The molecule has 0 aliphatic rings. The lowest BCUT2D eigenvalue weighted by Gasteiger charge is -2.25. The third-order valence-electron chi connectivity index (χ3n) is 3.50. The summed E-state index contributed by atoms with van der Waals surface area (Å²) in [6, 6.07) is 8.44. The predicted octanol–water partition coefficient (Wildman–Crippen LogP) is 3.93. The van der Waals surface area contributed by atoms with E-state index in [1.54, 1.807) is 0 Å². The van der Waals surface area contributed by atoms with E-state index < -0.39 is 0 Å². The number of rotatable bonds is 3. The molecule has 0 aliphatic carbocycles. The first-order chi connectivity index (χ1) is 8.51. The minimum absolute atomic E-state index is 0.0363. The lowest BCUT2D eigenvalue weighted by Crippen LogP contribution is -2.19. The second kappa shape index (κ2) is 4.89. The fraction of sp³-hybridized carbons (Fsp3) is 0.375. The average Bonchev–Trinajstić information content (AvgIpc) is 2.40. The molecule has 0 radical (unpaired) electrons. The van der Waals surface area contributed by atoms with Crippen LogP contribution in [0.25, 0.3) is 0 Å². The van der Waals surface area contributed by atoms with Crippen LogP contribution in [0.15, 0.2) is 42.9 Å². The number of aromatic nitrogens is 2. The molecule has 0 bridgehead atoms. The van der Waals surface area contributed by atoms with Gasteiger partial charge in [0, 0.05) is 29.7 Å². The molecule has 94 valence electrons. The summed E-state index contributed by atoms with van der Waals surface area (Å²) in [7, 11) is 0. The van der Waals surface area contributed by atoms with E-state index in [-0.39, 0.29) is 5.41 Å². The Hall–Kier alpha value is -1.70. The fourth-order valence-corrected chi connectivity index (χ4v) is 2.05. The van der Waals surface area contributed by atoms with Crippen molar-refractivity contribution in [3.8, 4) is 0 Å². The number of hydrogen-bond acceptors (Lipinski definition) is 2. The second-order valence-corrected chi connectivity index (χ2v) is 5.49. The molecule has 0 saturated heterocycles. The van der Waals surface area contributed by atoms with Crippen LogP contribution in [0, 0.1) is 0 Å². The van der Waals surface area contributed by atoms with Gasteiger partial charge in [-0.3, -0.25) is 9.97 Å². The maximum absolute atomic E-state index is 4.55. The van der Waals surface area contributed by atoms with Gasteiger partial charge in [0.1, 0.15) is 0 Å². The van der Waals surface area contributed by atoms with Gasteiger partial charge >= 0.3 is 0 Å². The topological polar surface area (TPSA) is 25.8 Å². The van der Waals surface area contributed by atoms with Crippen molar-refractivity contribution in [2.75, 3.05) is 0 Å². The van der Waals surface area contributed by atoms with E-state index in [1.165, 1.54) is 11.1 Å². The van der Waals surface area contributed by atoms with Gasteiger partial charge in [0.25, 0.3) is 0 Å². The molecule has 0 saturated carbocycles. The zero-order valence-electron chi connectivity index (χ0n) is 11.5. The molecule has 2 aromatic rings. The van der Waals surface area contributed by atoms with Gasteiger partial charge in [-0.15, -0.1) is 0 Å². The van der Waals surface area contributed by atoms with Crippen LogP contribution in [0.5, 0.6) is 0 Å². The largest absolute Gasteiger partial charge is 0.265 e. The van der Waals surface area contributed by atoms with Crippen molar-refractivity contribution in [3.63, 3.8) is 0 Å². The third kappa shape index (κ3) is 2.42. The van der Waals surface area contributed by atoms with E-state index in [2.05, 4.69) is 61.9 Å². The quantitative estimate of drug-likeness (QED) is 0.812. The zero-order chi connectivity index (χ0) is 13.2. The van der Waals surface area contributed by atoms with Crippen molar-refractivity contribution in [2.45, 2.75) is 39.0 Å². The van der Waals surface area contributed by atoms with Crippen LogP contribution in [0.3, 0.4) is 0 Å². The molecule has 2 nitrogen and oxygen atoms in total. The standard InChI is InChI=1S/C16H20N2/c1-12(2)15-6-5-14(11-18-15)16(3,4)13-7-9-17-10-8-13/h5-12H,1-4H3. The molecule has 0 fully saturated rings. The molecule has 18 heavy (non-hydrogen) atoms. The second-order valence-electron chi connectivity index (χ2n) is 5.49. The van der Waals surface area contributed by atoms with Crippen LogP contribution < -0.4 is 0 Å². The highest BCUT2D eigenvalue weighted by atomic mass is 14.7. The molecular formula is C16H20N2. The number of pyridine rings is 2. The normalized spacial score (nSPS) is 11.8. The summed E-state index contributed by atoms with van der Waals surface area (Å²) >= 11 is 0. The van der Waals surface area contributed by atoms with Crippen molar-refractivity contribution in [1.82, 2.24) is 9.97 Å². The first-order valence-corrected chi connectivity index (χ1v) is 6.38. The Balaban J connectivity index is 2.36. The Morgan fingerprint density at radius 3 is 2.11 bits per heavy atom. The van der Waals surface area contributed by atoms with Gasteiger partial charge in [0.15, 0.2) is 0 Å². The molecule has 2 heterocycles. The van der Waals surface area contributed by atoms with Crippen LogP contribution in [-0.2, 0) is 5.41 Å². The highest BCUT2D eigenvalue weighted by Crippen LogP contribution is 2.30. The number of hydrogen-bond donors (Lipinski definition) is 0. The fourth-order valence-electron chi connectivity index (χ4n) is 2.05. The maximum Gasteiger partial charge on any atom is 0.0429 e. The van der Waals surface area contributed by atoms with Gasteiger partial charge in [-0.2, -0.15) is 0 Å². The van der Waals surface area contributed by atoms with Crippen molar-refractivity contribution in [3.05, 3.63) is 59.7 Å². The lowest BCUT2D eigenvalue weighted by atomic mass is 9.79. The first-order valence-electron chi connectivity index (χ1n) is 6.38. The summed E-state index contributed by atoms with van der Waals surface area (Å²) in [5, 5.41) is 0. The van der Waals surface area contributed by atoms with Crippen LogP contribution in [0.4, 0.5) is 0 Å². The van der Waals surface area contributed by atoms with Crippen LogP contribution >= 0.6 is 0 Å². The van der Waals surface area contributed by atoms with Crippen molar-refractivity contribution in [2.24, 2.45) is 0 Å². The Kier molecular flexibility index (Phi) is 3.46. The van der Waals surface area contributed by atoms with Crippen molar-refractivity contribution >= 4 is 0 Å². The molecule has 0 N–H and O–H groups in total. The molecule has 0 spiro atoms. The average molecular weight is 240 g/mol. The van der Waals surface area contributed by atoms with E-state index in [0.717, 1.165) is 5.69 Å². The Labute approximate surface area is 109 Å². The molecular weight excluding hydrogens is 220 g/mol. The maximum atomic E-state index is 4.55.